The second-order valence-electron chi connectivity index (χ2n) is 4.03. The highest BCUT2D eigenvalue weighted by atomic mass is 79.9. The lowest BCUT2D eigenvalue weighted by atomic mass is 10.2. The molecule has 0 saturated carbocycles. The van der Waals surface area contributed by atoms with E-state index in [9.17, 15) is 4.79 Å². The van der Waals surface area contributed by atoms with Crippen LogP contribution in [0.3, 0.4) is 0 Å². The Labute approximate surface area is 129 Å². The second-order valence-corrected chi connectivity index (χ2v) is 6.30. The van der Waals surface area contributed by atoms with Crippen molar-refractivity contribution in [1.29, 1.82) is 0 Å². The van der Waals surface area contributed by atoms with Crippen LogP contribution in [0.5, 0.6) is 0 Å². The van der Waals surface area contributed by atoms with Gasteiger partial charge < -0.3 is 5.32 Å². The van der Waals surface area contributed by atoms with Gasteiger partial charge in [0.05, 0.1) is 11.6 Å². The van der Waals surface area contributed by atoms with Crippen LogP contribution < -0.4 is 5.32 Å². The van der Waals surface area contributed by atoms with Crippen LogP contribution in [0.15, 0.2) is 34.1 Å². The molecule has 0 aliphatic rings. The minimum Gasteiger partial charge on any atom is -0.347 e. The van der Waals surface area contributed by atoms with Crippen LogP contribution >= 0.6 is 38.9 Å². The zero-order valence-electron chi connectivity index (χ0n) is 10.4. The first-order chi connectivity index (χ1) is 9.11. The monoisotopic (exact) mass is 357 g/mol. The van der Waals surface area contributed by atoms with Gasteiger partial charge in [-0.25, -0.2) is 0 Å². The minimum atomic E-state index is -0.0900. The van der Waals surface area contributed by atoms with Crippen molar-refractivity contribution < 1.29 is 4.79 Å². The molecule has 0 atom stereocenters. The van der Waals surface area contributed by atoms with Crippen molar-refractivity contribution >= 4 is 44.8 Å². The summed E-state index contributed by atoms with van der Waals surface area (Å²) in [5, 5.41) is 5.59. The van der Waals surface area contributed by atoms with E-state index in [1.165, 1.54) is 10.4 Å². The SMILES string of the molecule is CCc1ccsc1CNC(=O)c1ccc(Cl)c(Br)c1. The molecule has 100 valence electrons. The molecule has 0 saturated heterocycles. The Kier molecular flexibility index (Phi) is 5.02. The van der Waals surface area contributed by atoms with Crippen molar-refractivity contribution in [3.63, 3.8) is 0 Å². The summed E-state index contributed by atoms with van der Waals surface area (Å²) in [5.41, 5.74) is 1.90. The van der Waals surface area contributed by atoms with Crippen molar-refractivity contribution in [3.8, 4) is 0 Å². The van der Waals surface area contributed by atoms with Crippen molar-refractivity contribution in [1.82, 2.24) is 5.32 Å². The van der Waals surface area contributed by atoms with Gasteiger partial charge in [0.25, 0.3) is 5.91 Å². The Morgan fingerprint density at radius 2 is 2.21 bits per heavy atom. The molecule has 1 aromatic carbocycles. The average Bonchev–Trinajstić information content (AvgIpc) is 2.86. The molecule has 2 aromatic rings. The van der Waals surface area contributed by atoms with Crippen LogP contribution in [0.2, 0.25) is 5.02 Å². The van der Waals surface area contributed by atoms with Gasteiger partial charge in [0.15, 0.2) is 0 Å². The normalized spacial score (nSPS) is 10.5. The number of thiophene rings is 1. The third-order valence-corrected chi connectivity index (χ3v) is 4.99. The third-order valence-electron chi connectivity index (χ3n) is 2.81. The fraction of sp³-hybridized carbons (Fsp3) is 0.214. The number of carbonyl (C=O) groups is 1. The van der Waals surface area contributed by atoms with Crippen LogP contribution in [0.25, 0.3) is 0 Å². The summed E-state index contributed by atoms with van der Waals surface area (Å²) in [5.74, 6) is -0.0900. The molecule has 5 heteroatoms. The first-order valence-corrected chi connectivity index (χ1v) is 7.95. The molecule has 0 unspecified atom stereocenters. The first-order valence-electron chi connectivity index (χ1n) is 5.90. The van der Waals surface area contributed by atoms with Crippen molar-refractivity contribution in [2.45, 2.75) is 19.9 Å². The number of rotatable bonds is 4. The zero-order chi connectivity index (χ0) is 13.8. The number of halogens is 2. The Balaban J connectivity index is 2.03. The fourth-order valence-electron chi connectivity index (χ4n) is 1.74. The topological polar surface area (TPSA) is 29.1 Å². The zero-order valence-corrected chi connectivity index (χ0v) is 13.5. The maximum Gasteiger partial charge on any atom is 0.251 e. The van der Waals surface area contributed by atoms with E-state index in [0.717, 1.165) is 10.9 Å². The Bertz CT molecular complexity index is 597. The number of carbonyl (C=O) groups excluding carboxylic acids is 1. The van der Waals surface area contributed by atoms with Gasteiger partial charge in [-0.3, -0.25) is 4.79 Å². The van der Waals surface area contributed by atoms with Crippen LogP contribution in [0, 0.1) is 0 Å². The smallest absolute Gasteiger partial charge is 0.251 e. The van der Waals surface area contributed by atoms with Crippen LogP contribution in [-0.4, -0.2) is 5.91 Å². The molecule has 19 heavy (non-hydrogen) atoms. The summed E-state index contributed by atoms with van der Waals surface area (Å²) in [6.07, 6.45) is 0.987. The number of amides is 1. The summed E-state index contributed by atoms with van der Waals surface area (Å²) in [7, 11) is 0. The molecule has 2 nitrogen and oxygen atoms in total. The van der Waals surface area contributed by atoms with Gasteiger partial charge >= 0.3 is 0 Å². The van der Waals surface area contributed by atoms with E-state index in [0.29, 0.717) is 17.1 Å². The lowest BCUT2D eigenvalue weighted by Gasteiger charge is -2.06. The highest BCUT2D eigenvalue weighted by molar-refractivity contribution is 9.10. The molecule has 0 fully saturated rings. The lowest BCUT2D eigenvalue weighted by molar-refractivity contribution is 0.0951. The summed E-state index contributed by atoms with van der Waals surface area (Å²) in [6.45, 7) is 2.68. The molecule has 0 radical (unpaired) electrons. The summed E-state index contributed by atoms with van der Waals surface area (Å²) in [4.78, 5) is 13.2. The first kappa shape index (κ1) is 14.6. The molecular formula is C14H13BrClNOS. The molecule has 1 heterocycles. The molecule has 0 spiro atoms. The predicted molar refractivity (Wildman–Crippen MR) is 84.0 cm³/mol. The number of hydrogen-bond donors (Lipinski definition) is 1. The largest absolute Gasteiger partial charge is 0.347 e. The molecule has 2 rings (SSSR count). The van der Waals surface area contributed by atoms with E-state index in [4.69, 9.17) is 11.6 Å². The highest BCUT2D eigenvalue weighted by Crippen LogP contribution is 2.23. The van der Waals surface area contributed by atoms with E-state index >= 15 is 0 Å². The molecule has 1 aromatic heterocycles. The van der Waals surface area contributed by atoms with E-state index in [1.807, 2.05) is 0 Å². The fourth-order valence-corrected chi connectivity index (χ4v) is 3.15. The van der Waals surface area contributed by atoms with Gasteiger partial charge in [-0.1, -0.05) is 18.5 Å². The van der Waals surface area contributed by atoms with E-state index in [2.05, 4.69) is 39.6 Å². The Hall–Kier alpha value is -0.840. The minimum absolute atomic E-state index is 0.0900. The van der Waals surface area contributed by atoms with Crippen molar-refractivity contribution in [3.05, 3.63) is 55.1 Å². The second kappa shape index (κ2) is 6.55. The van der Waals surface area contributed by atoms with Gasteiger partial charge in [0.1, 0.15) is 0 Å². The summed E-state index contributed by atoms with van der Waals surface area (Å²) in [6, 6.07) is 7.26. The van der Waals surface area contributed by atoms with Crippen LogP contribution in [-0.2, 0) is 13.0 Å². The Morgan fingerprint density at radius 3 is 2.89 bits per heavy atom. The van der Waals surface area contributed by atoms with E-state index in [1.54, 1.807) is 29.5 Å². The molecule has 0 aliphatic carbocycles. The standard InChI is InChI=1S/C14H13BrClNOS/c1-2-9-5-6-19-13(9)8-17-14(18)10-3-4-12(16)11(15)7-10/h3-7H,2,8H2,1H3,(H,17,18). The van der Waals surface area contributed by atoms with Gasteiger partial charge in [0, 0.05) is 14.9 Å². The maximum atomic E-state index is 12.0. The van der Waals surface area contributed by atoms with Gasteiger partial charge in [-0.15, -0.1) is 11.3 Å². The predicted octanol–water partition coefficient (Wildman–Crippen LogP) is 4.66. The van der Waals surface area contributed by atoms with E-state index in [-0.39, 0.29) is 5.91 Å². The highest BCUT2D eigenvalue weighted by Gasteiger charge is 2.09. The van der Waals surface area contributed by atoms with Gasteiger partial charge in [0.2, 0.25) is 0 Å². The number of hydrogen-bond acceptors (Lipinski definition) is 2. The summed E-state index contributed by atoms with van der Waals surface area (Å²) < 4.78 is 0.729. The molecule has 0 bridgehead atoms. The van der Waals surface area contributed by atoms with Gasteiger partial charge in [-0.2, -0.15) is 0 Å². The molecule has 1 amide bonds. The quantitative estimate of drug-likeness (QED) is 0.846. The maximum absolute atomic E-state index is 12.0. The van der Waals surface area contributed by atoms with E-state index < -0.39 is 0 Å². The average molecular weight is 359 g/mol. The third kappa shape index (κ3) is 3.59. The number of nitrogens with one attached hydrogen (secondary N) is 1. The molecular weight excluding hydrogens is 346 g/mol. The van der Waals surface area contributed by atoms with Crippen molar-refractivity contribution in [2.75, 3.05) is 0 Å². The lowest BCUT2D eigenvalue weighted by Crippen LogP contribution is -2.22. The number of benzene rings is 1. The molecule has 0 aliphatic heterocycles. The van der Waals surface area contributed by atoms with Gasteiger partial charge in [-0.05, 0) is 57.6 Å². The summed E-state index contributed by atoms with van der Waals surface area (Å²) >= 11 is 10.9. The Morgan fingerprint density at radius 1 is 1.42 bits per heavy atom. The number of aryl methyl sites for hydroxylation is 1. The van der Waals surface area contributed by atoms with Crippen LogP contribution in [0.1, 0.15) is 27.7 Å². The molecule has 1 N–H and O–H groups in total. The van der Waals surface area contributed by atoms with Crippen molar-refractivity contribution in [2.24, 2.45) is 0 Å². The van der Waals surface area contributed by atoms with Crippen LogP contribution in [0.4, 0.5) is 0 Å².